The van der Waals surface area contributed by atoms with Gasteiger partial charge in [0.25, 0.3) is 5.56 Å². The number of rotatable bonds is 3. The molecule has 5 heteroatoms. The second-order valence-electron chi connectivity index (χ2n) is 5.69. The molecule has 21 heavy (non-hydrogen) atoms. The summed E-state index contributed by atoms with van der Waals surface area (Å²) in [6.45, 7) is 1.69. The molecule has 1 atom stereocenters. The van der Waals surface area contributed by atoms with E-state index in [0.29, 0.717) is 11.6 Å². The van der Waals surface area contributed by atoms with Crippen LogP contribution in [0.5, 0.6) is 0 Å². The lowest BCUT2D eigenvalue weighted by Gasteiger charge is -2.22. The number of hydrogen-bond donors (Lipinski definition) is 1. The molecule has 0 spiro atoms. The summed E-state index contributed by atoms with van der Waals surface area (Å²) in [5.74, 6) is 0. The molecule has 1 aliphatic rings. The number of fused-ring (bicyclic) bond motifs is 1. The van der Waals surface area contributed by atoms with Crippen molar-refractivity contribution in [1.29, 1.82) is 0 Å². The van der Waals surface area contributed by atoms with E-state index in [9.17, 15) is 9.90 Å². The lowest BCUT2D eigenvalue weighted by atomic mass is 10.1. The highest BCUT2D eigenvalue weighted by Gasteiger charge is 2.24. The molecule has 0 amide bonds. The molecule has 1 aromatic carbocycles. The first-order chi connectivity index (χ1) is 10.1. The van der Waals surface area contributed by atoms with Crippen molar-refractivity contribution in [3.8, 4) is 0 Å². The number of aromatic nitrogens is 1. The summed E-state index contributed by atoms with van der Waals surface area (Å²) < 4.78 is 1.65. The largest absolute Gasteiger partial charge is 0.395 e. The Labute approximate surface area is 128 Å². The van der Waals surface area contributed by atoms with E-state index < -0.39 is 0 Å². The molecule has 1 N–H and O–H groups in total. The van der Waals surface area contributed by atoms with Crippen LogP contribution < -0.4 is 5.56 Å². The van der Waals surface area contributed by atoms with Crippen molar-refractivity contribution in [1.82, 2.24) is 9.47 Å². The number of nitrogens with zero attached hydrogens (tertiary/aromatic N) is 2. The number of aryl methyl sites for hydroxylation is 1. The van der Waals surface area contributed by atoms with E-state index in [1.54, 1.807) is 11.6 Å². The summed E-state index contributed by atoms with van der Waals surface area (Å²) in [7, 11) is 1.78. The van der Waals surface area contributed by atoms with Crippen molar-refractivity contribution >= 4 is 22.5 Å². The van der Waals surface area contributed by atoms with Gasteiger partial charge >= 0.3 is 0 Å². The van der Waals surface area contributed by atoms with Gasteiger partial charge in [-0.1, -0.05) is 17.7 Å². The van der Waals surface area contributed by atoms with E-state index >= 15 is 0 Å². The van der Waals surface area contributed by atoms with Crippen molar-refractivity contribution in [2.24, 2.45) is 7.05 Å². The molecular formula is C16H19ClN2O2. The summed E-state index contributed by atoms with van der Waals surface area (Å²) in [5, 5.41) is 11.0. The predicted octanol–water partition coefficient (Wildman–Crippen LogP) is 2.15. The third-order valence-electron chi connectivity index (χ3n) is 4.35. The van der Waals surface area contributed by atoms with Crippen LogP contribution in [0, 0.1) is 0 Å². The lowest BCUT2D eigenvalue weighted by molar-refractivity contribution is 0.153. The maximum Gasteiger partial charge on any atom is 0.255 e. The molecule has 1 saturated heterocycles. The second kappa shape index (κ2) is 5.79. The number of halogens is 1. The Hall–Kier alpha value is -1.36. The van der Waals surface area contributed by atoms with E-state index in [4.69, 9.17) is 11.6 Å². The van der Waals surface area contributed by atoms with Crippen LogP contribution in [0.15, 0.2) is 29.1 Å². The molecule has 0 saturated carbocycles. The Kier molecular flexibility index (Phi) is 4.02. The van der Waals surface area contributed by atoms with E-state index in [1.807, 2.05) is 24.3 Å². The predicted molar refractivity (Wildman–Crippen MR) is 84.7 cm³/mol. The van der Waals surface area contributed by atoms with Crippen LogP contribution in [0.1, 0.15) is 18.4 Å². The van der Waals surface area contributed by atoms with Gasteiger partial charge in [0, 0.05) is 30.2 Å². The zero-order chi connectivity index (χ0) is 15.0. The Morgan fingerprint density at radius 1 is 1.38 bits per heavy atom. The molecule has 1 aromatic heterocycles. The minimum absolute atomic E-state index is 0.00774. The van der Waals surface area contributed by atoms with Crippen molar-refractivity contribution in [2.75, 3.05) is 13.2 Å². The molecule has 2 aromatic rings. The zero-order valence-electron chi connectivity index (χ0n) is 12.1. The number of hydrogen-bond acceptors (Lipinski definition) is 3. The van der Waals surface area contributed by atoms with Crippen LogP contribution in [-0.2, 0) is 13.6 Å². The fourth-order valence-corrected chi connectivity index (χ4v) is 3.31. The van der Waals surface area contributed by atoms with Crippen LogP contribution in [0.3, 0.4) is 0 Å². The highest BCUT2D eigenvalue weighted by molar-refractivity contribution is 6.31. The minimum Gasteiger partial charge on any atom is -0.395 e. The summed E-state index contributed by atoms with van der Waals surface area (Å²) in [5.41, 5.74) is 1.62. The van der Waals surface area contributed by atoms with Gasteiger partial charge in [0.2, 0.25) is 0 Å². The Bertz CT molecular complexity index is 726. The molecule has 2 heterocycles. The Morgan fingerprint density at radius 3 is 2.95 bits per heavy atom. The molecule has 0 unspecified atom stereocenters. The van der Waals surface area contributed by atoms with Crippen molar-refractivity contribution in [3.05, 3.63) is 45.2 Å². The van der Waals surface area contributed by atoms with E-state index in [0.717, 1.165) is 35.9 Å². The number of aliphatic hydroxyl groups excluding tert-OH is 1. The third kappa shape index (κ3) is 2.71. The van der Waals surface area contributed by atoms with E-state index in [2.05, 4.69) is 4.90 Å². The fraction of sp³-hybridized carbons (Fsp3) is 0.438. The molecule has 0 bridgehead atoms. The van der Waals surface area contributed by atoms with Crippen LogP contribution in [-0.4, -0.2) is 33.8 Å². The Balaban J connectivity index is 2.01. The quantitative estimate of drug-likeness (QED) is 0.945. The molecule has 112 valence electrons. The van der Waals surface area contributed by atoms with Crippen LogP contribution in [0.4, 0.5) is 0 Å². The molecule has 1 fully saturated rings. The van der Waals surface area contributed by atoms with Gasteiger partial charge in [-0.25, -0.2) is 0 Å². The molecule has 0 aliphatic carbocycles. The standard InChI is InChI=1S/C16H19ClN2O2/c1-18-15-8-13(17)5-4-11(15)7-12(16(18)21)9-19-6-2-3-14(19)10-20/h4-5,7-8,14,20H,2-3,6,9-10H2,1H3/t14-/m0/s1. The van der Waals surface area contributed by atoms with Gasteiger partial charge < -0.3 is 9.67 Å². The third-order valence-corrected chi connectivity index (χ3v) is 4.58. The van der Waals surface area contributed by atoms with Crippen LogP contribution in [0.2, 0.25) is 5.02 Å². The molecule has 4 nitrogen and oxygen atoms in total. The molecule has 0 radical (unpaired) electrons. The van der Waals surface area contributed by atoms with Gasteiger partial charge in [-0.3, -0.25) is 9.69 Å². The fourth-order valence-electron chi connectivity index (χ4n) is 3.15. The summed E-state index contributed by atoms with van der Waals surface area (Å²) in [6, 6.07) is 7.71. The van der Waals surface area contributed by atoms with E-state index in [-0.39, 0.29) is 18.2 Å². The van der Waals surface area contributed by atoms with Gasteiger partial charge in [0.1, 0.15) is 0 Å². The van der Waals surface area contributed by atoms with Crippen molar-refractivity contribution in [2.45, 2.75) is 25.4 Å². The van der Waals surface area contributed by atoms with Gasteiger partial charge in [-0.2, -0.15) is 0 Å². The van der Waals surface area contributed by atoms with Crippen LogP contribution >= 0.6 is 11.6 Å². The van der Waals surface area contributed by atoms with E-state index in [1.165, 1.54) is 0 Å². The van der Waals surface area contributed by atoms with Crippen molar-refractivity contribution in [3.63, 3.8) is 0 Å². The first-order valence-corrected chi connectivity index (χ1v) is 7.61. The average Bonchev–Trinajstić information content (AvgIpc) is 2.92. The first kappa shape index (κ1) is 14.6. The van der Waals surface area contributed by atoms with Gasteiger partial charge in [-0.05, 0) is 43.0 Å². The summed E-state index contributed by atoms with van der Waals surface area (Å²) >= 11 is 6.01. The highest BCUT2D eigenvalue weighted by Crippen LogP contribution is 2.22. The monoisotopic (exact) mass is 306 g/mol. The van der Waals surface area contributed by atoms with Gasteiger partial charge in [0.15, 0.2) is 0 Å². The number of benzene rings is 1. The maximum atomic E-state index is 12.5. The normalized spacial score (nSPS) is 19.5. The smallest absolute Gasteiger partial charge is 0.255 e. The number of likely N-dealkylation sites (tertiary alicyclic amines) is 1. The minimum atomic E-state index is 0.00774. The van der Waals surface area contributed by atoms with Crippen molar-refractivity contribution < 1.29 is 5.11 Å². The second-order valence-corrected chi connectivity index (χ2v) is 6.12. The SMILES string of the molecule is Cn1c(=O)c(CN2CCC[C@H]2CO)cc2ccc(Cl)cc21. The first-order valence-electron chi connectivity index (χ1n) is 7.23. The number of pyridine rings is 1. The van der Waals surface area contributed by atoms with Gasteiger partial charge in [0.05, 0.1) is 12.1 Å². The average molecular weight is 307 g/mol. The van der Waals surface area contributed by atoms with Crippen LogP contribution in [0.25, 0.3) is 10.9 Å². The Morgan fingerprint density at radius 2 is 2.19 bits per heavy atom. The summed E-state index contributed by atoms with van der Waals surface area (Å²) in [4.78, 5) is 14.7. The zero-order valence-corrected chi connectivity index (χ0v) is 12.8. The highest BCUT2D eigenvalue weighted by atomic mass is 35.5. The molecule has 3 rings (SSSR count). The molecular weight excluding hydrogens is 288 g/mol. The summed E-state index contributed by atoms with van der Waals surface area (Å²) in [6.07, 6.45) is 2.08. The number of aliphatic hydroxyl groups is 1. The topological polar surface area (TPSA) is 45.5 Å². The maximum absolute atomic E-state index is 12.5. The van der Waals surface area contributed by atoms with Gasteiger partial charge in [-0.15, -0.1) is 0 Å². The molecule has 1 aliphatic heterocycles. The lowest BCUT2D eigenvalue weighted by Crippen LogP contribution is -2.34.